The van der Waals surface area contributed by atoms with Gasteiger partial charge in [-0.15, -0.1) is 0 Å². The molecule has 2 aliphatic carbocycles. The molecule has 0 atom stereocenters. The monoisotopic (exact) mass is 336 g/mol. The lowest BCUT2D eigenvalue weighted by molar-refractivity contribution is -0.138. The van der Waals surface area contributed by atoms with Crippen LogP contribution in [0.15, 0.2) is 4.99 Å². The van der Waals surface area contributed by atoms with Gasteiger partial charge in [-0.1, -0.05) is 32.6 Å². The minimum Gasteiger partial charge on any atom is -0.357 e. The lowest BCUT2D eigenvalue weighted by atomic mass is 9.84. The standard InChI is InChI=1S/C19H36N4O/c1-5-20-17(21-14-18(2)10-6-7-11-18)22-15-19(12-8-9-13-19)16(24)23(3)4/h5-15H2,1-4H3,(H2,20,21,22). The van der Waals surface area contributed by atoms with E-state index in [1.54, 1.807) is 4.90 Å². The van der Waals surface area contributed by atoms with Crippen LogP contribution in [-0.2, 0) is 4.79 Å². The largest absolute Gasteiger partial charge is 0.357 e. The SMILES string of the molecule is CCNC(=NCC1(C)CCCC1)NCC1(C(=O)N(C)C)CCCC1. The van der Waals surface area contributed by atoms with Gasteiger partial charge in [-0.3, -0.25) is 9.79 Å². The maximum atomic E-state index is 12.7. The number of aliphatic imine (C=N–C) groups is 1. The molecule has 5 heteroatoms. The molecule has 0 bridgehead atoms. The molecular weight excluding hydrogens is 300 g/mol. The second-order valence-electron chi connectivity index (χ2n) is 8.25. The summed E-state index contributed by atoms with van der Waals surface area (Å²) in [6, 6.07) is 0. The van der Waals surface area contributed by atoms with Crippen LogP contribution in [0.4, 0.5) is 0 Å². The molecule has 2 rings (SSSR count). The molecule has 2 saturated carbocycles. The second-order valence-corrected chi connectivity index (χ2v) is 8.25. The molecule has 138 valence electrons. The first kappa shape index (κ1) is 19.1. The van der Waals surface area contributed by atoms with Crippen LogP contribution < -0.4 is 10.6 Å². The average Bonchev–Trinajstić information content (AvgIpc) is 3.20. The molecule has 0 aromatic heterocycles. The molecule has 0 radical (unpaired) electrons. The Hall–Kier alpha value is -1.26. The zero-order valence-corrected chi connectivity index (χ0v) is 16.1. The highest BCUT2D eigenvalue weighted by Gasteiger charge is 2.42. The van der Waals surface area contributed by atoms with Gasteiger partial charge in [0.25, 0.3) is 0 Å². The van der Waals surface area contributed by atoms with Crippen molar-refractivity contribution in [2.24, 2.45) is 15.8 Å². The summed E-state index contributed by atoms with van der Waals surface area (Å²) in [7, 11) is 3.73. The maximum absolute atomic E-state index is 12.7. The first-order valence-corrected chi connectivity index (χ1v) is 9.65. The molecular formula is C19H36N4O. The number of carbonyl (C=O) groups is 1. The zero-order chi connectivity index (χ0) is 17.6. The third-order valence-corrected chi connectivity index (χ3v) is 5.79. The van der Waals surface area contributed by atoms with Gasteiger partial charge >= 0.3 is 0 Å². The summed E-state index contributed by atoms with van der Waals surface area (Å²) >= 11 is 0. The van der Waals surface area contributed by atoms with Crippen molar-refractivity contribution in [2.75, 3.05) is 33.7 Å². The van der Waals surface area contributed by atoms with Gasteiger partial charge in [-0.25, -0.2) is 0 Å². The fourth-order valence-electron chi connectivity index (χ4n) is 4.24. The summed E-state index contributed by atoms with van der Waals surface area (Å²) in [6.45, 7) is 6.84. The molecule has 0 aromatic rings. The fraction of sp³-hybridized carbons (Fsp3) is 0.895. The average molecular weight is 337 g/mol. The van der Waals surface area contributed by atoms with Crippen LogP contribution in [0.5, 0.6) is 0 Å². The van der Waals surface area contributed by atoms with Crippen molar-refractivity contribution < 1.29 is 4.79 Å². The summed E-state index contributed by atoms with van der Waals surface area (Å²) in [6.07, 6.45) is 9.47. The minimum atomic E-state index is -0.253. The van der Waals surface area contributed by atoms with Gasteiger partial charge in [-0.2, -0.15) is 0 Å². The molecule has 0 spiro atoms. The molecule has 0 saturated heterocycles. The predicted octanol–water partition coefficient (Wildman–Crippen LogP) is 2.77. The third-order valence-electron chi connectivity index (χ3n) is 5.79. The van der Waals surface area contributed by atoms with Gasteiger partial charge in [0.1, 0.15) is 0 Å². The molecule has 2 N–H and O–H groups in total. The Balaban J connectivity index is 1.99. The van der Waals surface area contributed by atoms with E-state index in [1.165, 1.54) is 25.7 Å². The second kappa shape index (κ2) is 8.21. The van der Waals surface area contributed by atoms with E-state index in [-0.39, 0.29) is 11.3 Å². The van der Waals surface area contributed by atoms with Gasteiger partial charge in [0.2, 0.25) is 5.91 Å². The van der Waals surface area contributed by atoms with Crippen LogP contribution in [0, 0.1) is 10.8 Å². The number of amides is 1. The number of rotatable bonds is 6. The van der Waals surface area contributed by atoms with Gasteiger partial charge < -0.3 is 15.5 Å². The van der Waals surface area contributed by atoms with Gasteiger partial charge in [0.15, 0.2) is 5.96 Å². The lowest BCUT2D eigenvalue weighted by Crippen LogP contribution is -2.49. The first-order chi connectivity index (χ1) is 11.4. The predicted molar refractivity (Wildman–Crippen MR) is 100 cm³/mol. The Morgan fingerprint density at radius 3 is 2.17 bits per heavy atom. The summed E-state index contributed by atoms with van der Waals surface area (Å²) in [5.41, 5.74) is 0.101. The van der Waals surface area contributed by atoms with E-state index in [2.05, 4.69) is 24.5 Å². The van der Waals surface area contributed by atoms with Crippen LogP contribution in [0.3, 0.4) is 0 Å². The number of hydrogen-bond donors (Lipinski definition) is 2. The van der Waals surface area contributed by atoms with Crippen LogP contribution >= 0.6 is 0 Å². The summed E-state index contributed by atoms with van der Waals surface area (Å²) in [5, 5.41) is 6.82. The molecule has 24 heavy (non-hydrogen) atoms. The number of nitrogens with one attached hydrogen (secondary N) is 2. The molecule has 2 aliphatic rings. The fourth-order valence-corrected chi connectivity index (χ4v) is 4.24. The lowest BCUT2D eigenvalue weighted by Gasteiger charge is -2.31. The van der Waals surface area contributed by atoms with Gasteiger partial charge in [0.05, 0.1) is 5.41 Å². The van der Waals surface area contributed by atoms with Crippen LogP contribution in [0.2, 0.25) is 0 Å². The Kier molecular flexibility index (Phi) is 6.53. The molecule has 1 amide bonds. The maximum Gasteiger partial charge on any atom is 0.230 e. The normalized spacial score (nSPS) is 22.4. The highest BCUT2D eigenvalue weighted by molar-refractivity contribution is 5.85. The van der Waals surface area contributed by atoms with Crippen molar-refractivity contribution in [1.29, 1.82) is 0 Å². The quantitative estimate of drug-likeness (QED) is 0.579. The van der Waals surface area contributed by atoms with Crippen molar-refractivity contribution in [3.63, 3.8) is 0 Å². The minimum absolute atomic E-state index is 0.253. The van der Waals surface area contributed by atoms with E-state index in [0.29, 0.717) is 12.0 Å². The summed E-state index contributed by atoms with van der Waals surface area (Å²) in [5.74, 6) is 1.12. The van der Waals surface area contributed by atoms with Crippen molar-refractivity contribution in [3.05, 3.63) is 0 Å². The summed E-state index contributed by atoms with van der Waals surface area (Å²) in [4.78, 5) is 19.3. The van der Waals surface area contributed by atoms with Crippen molar-refractivity contribution in [1.82, 2.24) is 15.5 Å². The van der Waals surface area contributed by atoms with Gasteiger partial charge in [-0.05, 0) is 38.0 Å². The van der Waals surface area contributed by atoms with E-state index in [0.717, 1.165) is 44.7 Å². The Labute approximate surface area is 147 Å². The molecule has 2 fully saturated rings. The van der Waals surface area contributed by atoms with E-state index < -0.39 is 0 Å². The van der Waals surface area contributed by atoms with E-state index in [1.807, 2.05) is 14.1 Å². The zero-order valence-electron chi connectivity index (χ0n) is 16.1. The van der Waals surface area contributed by atoms with E-state index in [4.69, 9.17) is 4.99 Å². The number of hydrogen-bond acceptors (Lipinski definition) is 2. The Morgan fingerprint density at radius 2 is 1.62 bits per heavy atom. The highest BCUT2D eigenvalue weighted by Crippen LogP contribution is 2.39. The number of guanidine groups is 1. The van der Waals surface area contributed by atoms with Crippen LogP contribution in [0.25, 0.3) is 0 Å². The Morgan fingerprint density at radius 1 is 1.04 bits per heavy atom. The molecule has 0 heterocycles. The van der Waals surface area contributed by atoms with Crippen LogP contribution in [0.1, 0.15) is 65.2 Å². The highest BCUT2D eigenvalue weighted by atomic mass is 16.2. The first-order valence-electron chi connectivity index (χ1n) is 9.65. The topological polar surface area (TPSA) is 56.7 Å². The summed E-state index contributed by atoms with van der Waals surface area (Å²) < 4.78 is 0. The molecule has 0 aliphatic heterocycles. The van der Waals surface area contributed by atoms with Crippen LogP contribution in [-0.4, -0.2) is 50.5 Å². The smallest absolute Gasteiger partial charge is 0.230 e. The number of nitrogens with zero attached hydrogens (tertiary/aromatic N) is 2. The van der Waals surface area contributed by atoms with E-state index in [9.17, 15) is 4.79 Å². The van der Waals surface area contributed by atoms with Gasteiger partial charge in [0, 0.05) is 33.7 Å². The molecule has 0 unspecified atom stereocenters. The molecule has 0 aromatic carbocycles. The van der Waals surface area contributed by atoms with Crippen molar-refractivity contribution in [3.8, 4) is 0 Å². The Bertz CT molecular complexity index is 446. The van der Waals surface area contributed by atoms with Crippen molar-refractivity contribution in [2.45, 2.75) is 65.2 Å². The van der Waals surface area contributed by atoms with E-state index >= 15 is 0 Å². The third kappa shape index (κ3) is 4.64. The molecule has 5 nitrogen and oxygen atoms in total. The number of carbonyl (C=O) groups excluding carboxylic acids is 1. The van der Waals surface area contributed by atoms with Crippen molar-refractivity contribution >= 4 is 11.9 Å².